The maximum absolute atomic E-state index is 5.82. The second-order valence-electron chi connectivity index (χ2n) is 13.6. The van der Waals surface area contributed by atoms with E-state index in [9.17, 15) is 0 Å². The molecule has 0 fully saturated rings. The van der Waals surface area contributed by atoms with Crippen LogP contribution in [0.3, 0.4) is 0 Å². The molecule has 0 N–H and O–H groups in total. The van der Waals surface area contributed by atoms with Crippen LogP contribution in [0.4, 0.5) is 0 Å². The van der Waals surface area contributed by atoms with E-state index in [-0.39, 0.29) is 0 Å². The summed E-state index contributed by atoms with van der Waals surface area (Å²) in [7, 11) is 6.67. The third-order valence-electron chi connectivity index (χ3n) is 10.7. The maximum atomic E-state index is 5.82. The fourth-order valence-corrected chi connectivity index (χ4v) is 7.96. The van der Waals surface area contributed by atoms with Gasteiger partial charge in [0.2, 0.25) is 11.3 Å². The predicted molar refractivity (Wildman–Crippen MR) is 218 cm³/mol. The minimum absolute atomic E-state index is 0.729. The lowest BCUT2D eigenvalue weighted by Gasteiger charge is -2.44. The van der Waals surface area contributed by atoms with Crippen molar-refractivity contribution in [1.29, 1.82) is 0 Å². The van der Waals surface area contributed by atoms with Crippen molar-refractivity contribution in [3.8, 4) is 34.1 Å². The van der Waals surface area contributed by atoms with Crippen molar-refractivity contribution in [2.45, 2.75) is 18.2 Å². The lowest BCUT2D eigenvalue weighted by molar-refractivity contribution is 0.253. The normalized spacial score (nSPS) is 15.7. The van der Waals surface area contributed by atoms with Crippen molar-refractivity contribution >= 4 is 22.8 Å². The fraction of sp³-hybridized carbons (Fsp3) is 0.149. The van der Waals surface area contributed by atoms with Gasteiger partial charge in [0.05, 0.1) is 51.3 Å². The fourth-order valence-electron chi connectivity index (χ4n) is 7.96. The number of hydrogen-bond donors (Lipinski definition) is 0. The van der Waals surface area contributed by atoms with Crippen LogP contribution in [0.5, 0.6) is 23.0 Å². The SMILES string of the molecule is COc1ccc(C2=NC3(N=C2c2ccc(OC)cc2)c2ccccc2-c2c(C)cccc2C32N=C(c3ccc(OC)cc3)C(c3ccc(OC)cc3)=N2)cc1. The minimum atomic E-state index is -1.35. The van der Waals surface area contributed by atoms with Gasteiger partial charge in [0, 0.05) is 33.4 Å². The number of aliphatic imine (C=N–C) groups is 4. The summed E-state index contributed by atoms with van der Waals surface area (Å²) in [6.45, 7) is 2.14. The number of rotatable bonds is 8. The van der Waals surface area contributed by atoms with Crippen molar-refractivity contribution in [2.24, 2.45) is 20.0 Å². The quantitative estimate of drug-likeness (QED) is 0.157. The van der Waals surface area contributed by atoms with Gasteiger partial charge in [0.1, 0.15) is 23.0 Å². The molecule has 270 valence electrons. The van der Waals surface area contributed by atoms with E-state index in [4.69, 9.17) is 38.9 Å². The lowest BCUT2D eigenvalue weighted by Crippen LogP contribution is -2.46. The summed E-state index contributed by atoms with van der Waals surface area (Å²) >= 11 is 0. The van der Waals surface area contributed by atoms with E-state index >= 15 is 0 Å². The first kappa shape index (κ1) is 34.0. The Bertz CT molecular complexity index is 2440. The number of methoxy groups -OCH3 is 4. The van der Waals surface area contributed by atoms with Gasteiger partial charge in [-0.1, -0.05) is 42.5 Å². The summed E-state index contributed by atoms with van der Waals surface area (Å²) in [6, 6.07) is 46.6. The van der Waals surface area contributed by atoms with E-state index in [0.29, 0.717) is 0 Å². The van der Waals surface area contributed by atoms with Crippen LogP contribution >= 0.6 is 0 Å². The number of benzene rings is 6. The zero-order chi connectivity index (χ0) is 37.7. The van der Waals surface area contributed by atoms with E-state index < -0.39 is 11.3 Å². The summed E-state index contributed by atoms with van der Waals surface area (Å²) < 4.78 is 22.2. The molecule has 2 heterocycles. The van der Waals surface area contributed by atoms with Crippen LogP contribution in [0.25, 0.3) is 11.1 Å². The van der Waals surface area contributed by atoms with Gasteiger partial charge in [-0.2, -0.15) is 0 Å². The molecule has 1 aliphatic carbocycles. The molecule has 9 rings (SSSR count). The molecular formula is C47H38N4O4. The van der Waals surface area contributed by atoms with E-state index in [1.165, 1.54) is 0 Å². The van der Waals surface area contributed by atoms with E-state index in [1.807, 2.05) is 97.1 Å². The van der Waals surface area contributed by atoms with Gasteiger partial charge in [0.15, 0.2) is 0 Å². The van der Waals surface area contributed by atoms with Crippen molar-refractivity contribution in [3.05, 3.63) is 178 Å². The molecule has 55 heavy (non-hydrogen) atoms. The number of aryl methyl sites for hydroxylation is 1. The first-order valence-electron chi connectivity index (χ1n) is 18.1. The molecule has 0 amide bonds. The minimum Gasteiger partial charge on any atom is -0.497 e. The molecule has 6 aromatic carbocycles. The number of hydrogen-bond acceptors (Lipinski definition) is 8. The monoisotopic (exact) mass is 722 g/mol. The summed E-state index contributed by atoms with van der Waals surface area (Å²) in [4.78, 5) is 23.3. The first-order chi connectivity index (χ1) is 26.9. The zero-order valence-electron chi connectivity index (χ0n) is 31.2. The molecule has 0 saturated carbocycles. The summed E-state index contributed by atoms with van der Waals surface area (Å²) in [5, 5.41) is 0. The molecular weight excluding hydrogens is 685 g/mol. The Hall–Kier alpha value is -6.80. The second-order valence-corrected chi connectivity index (χ2v) is 13.6. The van der Waals surface area contributed by atoms with E-state index in [0.717, 1.165) is 95.9 Å². The molecule has 8 nitrogen and oxygen atoms in total. The van der Waals surface area contributed by atoms with Gasteiger partial charge < -0.3 is 18.9 Å². The van der Waals surface area contributed by atoms with Gasteiger partial charge in [-0.05, 0) is 121 Å². The lowest BCUT2D eigenvalue weighted by atomic mass is 9.70. The topological polar surface area (TPSA) is 86.4 Å². The Morgan fingerprint density at radius 1 is 0.364 bits per heavy atom. The standard InChI is InChI=1S/C47H38N4O4/c1-29-9-8-12-40-41(29)38-10-6-7-11-39(38)46(48-42(30-13-21-34(52-2)22-14-30)43(49-46)31-15-23-35(53-3)24-16-31)47(40)50-44(32-17-25-36(54-4)26-18-32)45(51-47)33-19-27-37(55-5)28-20-33/h6-28H,1-5H3. The second kappa shape index (κ2) is 13.2. The molecule has 0 unspecified atom stereocenters. The molecule has 8 heteroatoms. The average Bonchev–Trinajstić information content (AvgIpc) is 3.86. The Balaban J connectivity index is 1.41. The number of nitrogens with zero attached hydrogens (tertiary/aromatic N) is 4. The Kier molecular flexibility index (Phi) is 8.19. The van der Waals surface area contributed by atoms with Crippen LogP contribution in [-0.2, 0) is 11.3 Å². The third-order valence-corrected chi connectivity index (χ3v) is 10.7. The van der Waals surface area contributed by atoms with Crippen LogP contribution < -0.4 is 18.9 Å². The number of ether oxygens (including phenoxy) is 4. The molecule has 2 spiro atoms. The highest BCUT2D eigenvalue weighted by atomic mass is 16.5. The van der Waals surface area contributed by atoms with Crippen LogP contribution in [0.1, 0.15) is 38.9 Å². The van der Waals surface area contributed by atoms with Crippen LogP contribution in [-0.4, -0.2) is 51.3 Å². The van der Waals surface area contributed by atoms with Gasteiger partial charge in [0.25, 0.3) is 0 Å². The molecule has 0 bridgehead atoms. The first-order valence-corrected chi connectivity index (χ1v) is 18.1. The highest BCUT2D eigenvalue weighted by Crippen LogP contribution is 2.61. The summed E-state index contributed by atoms with van der Waals surface area (Å²) in [6.07, 6.45) is 0. The zero-order valence-corrected chi connectivity index (χ0v) is 31.2. The average molecular weight is 723 g/mol. The molecule has 0 atom stereocenters. The Morgan fingerprint density at radius 3 is 1.05 bits per heavy atom. The Morgan fingerprint density at radius 2 is 0.691 bits per heavy atom. The van der Waals surface area contributed by atoms with Crippen LogP contribution in [0, 0.1) is 6.92 Å². The molecule has 0 radical (unpaired) electrons. The highest BCUT2D eigenvalue weighted by Gasteiger charge is 2.64. The smallest absolute Gasteiger partial charge is 0.227 e. The van der Waals surface area contributed by atoms with E-state index in [1.54, 1.807) is 28.4 Å². The predicted octanol–water partition coefficient (Wildman–Crippen LogP) is 9.00. The van der Waals surface area contributed by atoms with E-state index in [2.05, 4.69) is 49.4 Å². The van der Waals surface area contributed by atoms with Crippen molar-refractivity contribution < 1.29 is 18.9 Å². The highest BCUT2D eigenvalue weighted by molar-refractivity contribution is 6.56. The van der Waals surface area contributed by atoms with Gasteiger partial charge in [-0.3, -0.25) is 0 Å². The van der Waals surface area contributed by atoms with Crippen molar-refractivity contribution in [2.75, 3.05) is 28.4 Å². The van der Waals surface area contributed by atoms with Crippen LogP contribution in [0.15, 0.2) is 159 Å². The van der Waals surface area contributed by atoms with Gasteiger partial charge in [-0.15, -0.1) is 0 Å². The molecule has 3 aliphatic rings. The third kappa shape index (κ3) is 5.28. The van der Waals surface area contributed by atoms with Crippen molar-refractivity contribution in [1.82, 2.24) is 0 Å². The Labute approximate surface area is 320 Å². The van der Waals surface area contributed by atoms with Crippen molar-refractivity contribution in [3.63, 3.8) is 0 Å². The molecule has 6 aromatic rings. The summed E-state index contributed by atoms with van der Waals surface area (Å²) in [5.74, 6) is 3.01. The maximum Gasteiger partial charge on any atom is 0.227 e. The largest absolute Gasteiger partial charge is 0.497 e. The summed E-state index contributed by atoms with van der Waals surface area (Å²) in [5.41, 5.74) is 8.90. The molecule has 0 aromatic heterocycles. The molecule has 0 saturated heterocycles. The van der Waals surface area contributed by atoms with Gasteiger partial charge in [-0.25, -0.2) is 20.0 Å². The number of fused-ring (bicyclic) bond motifs is 6. The van der Waals surface area contributed by atoms with Crippen LogP contribution in [0.2, 0.25) is 0 Å². The molecule has 2 aliphatic heterocycles. The van der Waals surface area contributed by atoms with Gasteiger partial charge >= 0.3 is 0 Å².